The Balaban J connectivity index is 1.62. The third kappa shape index (κ3) is 5.49. The fraction of sp³-hybridized carbons (Fsp3) is 0.207. The summed E-state index contributed by atoms with van der Waals surface area (Å²) < 4.78 is 22.3. The molecule has 0 bridgehead atoms. The summed E-state index contributed by atoms with van der Waals surface area (Å²) in [7, 11) is 3.27. The van der Waals surface area contributed by atoms with Crippen molar-refractivity contribution in [2.24, 2.45) is 0 Å². The zero-order chi connectivity index (χ0) is 24.8. The van der Waals surface area contributed by atoms with Gasteiger partial charge in [-0.25, -0.2) is 0 Å². The Morgan fingerprint density at radius 1 is 1.00 bits per heavy atom. The molecule has 6 nitrogen and oxygen atoms in total. The Hall–Kier alpha value is -4.19. The molecule has 0 unspecified atom stereocenters. The number of carbonyl (C=O) groups excluding carboxylic acids is 1. The molecule has 0 fully saturated rings. The Bertz CT molecular complexity index is 1350. The molecule has 1 aromatic heterocycles. The van der Waals surface area contributed by atoms with Gasteiger partial charge in [0.1, 0.15) is 22.8 Å². The molecular weight excluding hydrogens is 442 g/mol. The zero-order valence-corrected chi connectivity index (χ0v) is 20.4. The summed E-state index contributed by atoms with van der Waals surface area (Å²) in [4.78, 5) is 12.7. The fourth-order valence-electron chi connectivity index (χ4n) is 3.91. The molecular formula is C29H29NO5. The molecule has 0 saturated carbocycles. The van der Waals surface area contributed by atoms with Gasteiger partial charge >= 0.3 is 0 Å². The first kappa shape index (κ1) is 24.0. The van der Waals surface area contributed by atoms with Gasteiger partial charge in [-0.15, -0.1) is 0 Å². The molecule has 0 saturated heterocycles. The first-order chi connectivity index (χ1) is 17.0. The van der Waals surface area contributed by atoms with Crippen molar-refractivity contribution in [2.45, 2.75) is 20.4 Å². The van der Waals surface area contributed by atoms with Crippen LogP contribution in [-0.4, -0.2) is 26.7 Å². The third-order valence-corrected chi connectivity index (χ3v) is 5.75. The monoisotopic (exact) mass is 471 g/mol. The smallest absolute Gasteiger partial charge is 0.244 e. The van der Waals surface area contributed by atoms with E-state index in [1.807, 2.05) is 74.5 Å². The van der Waals surface area contributed by atoms with Gasteiger partial charge in [-0.05, 0) is 60.9 Å². The summed E-state index contributed by atoms with van der Waals surface area (Å²) in [5, 5.41) is 3.87. The SMILES string of the molecule is CCOc1cc2occ(-c3cccc(OC)c3)c2cc1/C(C)=C/C(=O)NCc1ccc(OC)cc1. The quantitative estimate of drug-likeness (QED) is 0.293. The second kappa shape index (κ2) is 10.8. The van der Waals surface area contributed by atoms with Crippen molar-refractivity contribution in [3.05, 3.63) is 84.1 Å². The van der Waals surface area contributed by atoms with Crippen molar-refractivity contribution >= 4 is 22.4 Å². The van der Waals surface area contributed by atoms with Gasteiger partial charge in [-0.3, -0.25) is 4.79 Å². The summed E-state index contributed by atoms with van der Waals surface area (Å²) in [6, 6.07) is 19.3. The molecule has 4 rings (SSSR count). The molecule has 1 heterocycles. The molecule has 180 valence electrons. The average molecular weight is 472 g/mol. The molecule has 4 aromatic rings. The van der Waals surface area contributed by atoms with Crippen molar-refractivity contribution in [1.82, 2.24) is 5.32 Å². The normalized spacial score (nSPS) is 11.4. The summed E-state index contributed by atoms with van der Waals surface area (Å²) in [5.41, 5.74) is 5.26. The minimum atomic E-state index is -0.180. The van der Waals surface area contributed by atoms with Crippen LogP contribution < -0.4 is 19.5 Å². The second-order valence-electron chi connectivity index (χ2n) is 8.05. The maximum absolute atomic E-state index is 12.7. The maximum atomic E-state index is 12.7. The predicted molar refractivity (Wildman–Crippen MR) is 138 cm³/mol. The van der Waals surface area contributed by atoms with Crippen LogP contribution >= 0.6 is 0 Å². The fourth-order valence-corrected chi connectivity index (χ4v) is 3.91. The molecule has 1 N–H and O–H groups in total. The number of amides is 1. The van der Waals surface area contributed by atoms with Crippen molar-refractivity contribution in [3.63, 3.8) is 0 Å². The van der Waals surface area contributed by atoms with Gasteiger partial charge in [0.2, 0.25) is 5.91 Å². The first-order valence-corrected chi connectivity index (χ1v) is 11.4. The van der Waals surface area contributed by atoms with E-state index in [-0.39, 0.29) is 5.91 Å². The van der Waals surface area contributed by atoms with E-state index in [9.17, 15) is 4.79 Å². The number of nitrogens with one attached hydrogen (secondary N) is 1. The largest absolute Gasteiger partial charge is 0.497 e. The number of benzene rings is 3. The van der Waals surface area contributed by atoms with Crippen molar-refractivity contribution < 1.29 is 23.4 Å². The Kier molecular flexibility index (Phi) is 7.41. The minimum Gasteiger partial charge on any atom is -0.497 e. The molecule has 0 atom stereocenters. The lowest BCUT2D eigenvalue weighted by Crippen LogP contribution is -2.20. The number of furan rings is 1. The standard InChI is InChI=1S/C29H29NO5/c1-5-34-27-16-28-25(26(18-35-28)21-7-6-8-23(14-21)33-4)15-24(27)19(2)13-29(31)30-17-20-9-11-22(32-3)12-10-20/h6-16,18H,5,17H2,1-4H3,(H,30,31)/b19-13+. The van der Waals surface area contributed by atoms with Crippen LogP contribution in [0.1, 0.15) is 25.0 Å². The lowest BCUT2D eigenvalue weighted by molar-refractivity contribution is -0.116. The van der Waals surface area contributed by atoms with Crippen molar-refractivity contribution in [2.75, 3.05) is 20.8 Å². The Morgan fingerprint density at radius 3 is 2.49 bits per heavy atom. The van der Waals surface area contributed by atoms with Crippen LogP contribution in [0.2, 0.25) is 0 Å². The maximum Gasteiger partial charge on any atom is 0.244 e. The third-order valence-electron chi connectivity index (χ3n) is 5.75. The molecule has 3 aromatic carbocycles. The van der Waals surface area contributed by atoms with Crippen LogP contribution in [0, 0.1) is 0 Å². The highest BCUT2D eigenvalue weighted by Gasteiger charge is 2.15. The van der Waals surface area contributed by atoms with E-state index in [4.69, 9.17) is 18.6 Å². The summed E-state index contributed by atoms with van der Waals surface area (Å²) in [6.45, 7) is 4.75. The Morgan fingerprint density at radius 2 is 1.77 bits per heavy atom. The van der Waals surface area contributed by atoms with Gasteiger partial charge in [0.15, 0.2) is 0 Å². The van der Waals surface area contributed by atoms with Crippen molar-refractivity contribution in [1.29, 1.82) is 0 Å². The molecule has 35 heavy (non-hydrogen) atoms. The number of carbonyl (C=O) groups is 1. The lowest BCUT2D eigenvalue weighted by Gasteiger charge is -2.12. The van der Waals surface area contributed by atoms with Gasteiger partial charge in [0, 0.05) is 35.2 Å². The van der Waals surface area contributed by atoms with Gasteiger partial charge < -0.3 is 23.9 Å². The van der Waals surface area contributed by atoms with Crippen LogP contribution in [0.15, 0.2) is 77.4 Å². The van der Waals surface area contributed by atoms with Gasteiger partial charge in [0.05, 0.1) is 27.1 Å². The Labute approximate surface area is 205 Å². The van der Waals surface area contributed by atoms with Crippen LogP contribution in [0.4, 0.5) is 0 Å². The van der Waals surface area contributed by atoms with Gasteiger partial charge in [-0.1, -0.05) is 24.3 Å². The molecule has 0 spiro atoms. The van der Waals surface area contributed by atoms with E-state index in [0.29, 0.717) is 24.5 Å². The number of fused-ring (bicyclic) bond motifs is 1. The van der Waals surface area contributed by atoms with E-state index in [1.165, 1.54) is 0 Å². The number of methoxy groups -OCH3 is 2. The topological polar surface area (TPSA) is 69.9 Å². The highest BCUT2D eigenvalue weighted by molar-refractivity contribution is 6.00. The molecule has 6 heteroatoms. The number of allylic oxidation sites excluding steroid dienone is 1. The first-order valence-electron chi connectivity index (χ1n) is 11.4. The van der Waals surface area contributed by atoms with Gasteiger partial charge in [-0.2, -0.15) is 0 Å². The van der Waals surface area contributed by atoms with E-state index in [1.54, 1.807) is 26.6 Å². The summed E-state index contributed by atoms with van der Waals surface area (Å²) in [6.07, 6.45) is 3.33. The second-order valence-corrected chi connectivity index (χ2v) is 8.05. The average Bonchev–Trinajstić information content (AvgIpc) is 3.30. The molecule has 0 aliphatic carbocycles. The van der Waals surface area contributed by atoms with Crippen LogP contribution in [-0.2, 0) is 11.3 Å². The van der Waals surface area contributed by atoms with E-state index < -0.39 is 0 Å². The van der Waals surface area contributed by atoms with Gasteiger partial charge in [0.25, 0.3) is 0 Å². The van der Waals surface area contributed by atoms with Crippen LogP contribution in [0.3, 0.4) is 0 Å². The highest BCUT2D eigenvalue weighted by Crippen LogP contribution is 2.38. The number of ether oxygens (including phenoxy) is 3. The van der Waals surface area contributed by atoms with E-state index >= 15 is 0 Å². The summed E-state index contributed by atoms with van der Waals surface area (Å²) in [5.74, 6) is 2.04. The number of hydrogen-bond donors (Lipinski definition) is 1. The molecule has 1 amide bonds. The zero-order valence-electron chi connectivity index (χ0n) is 20.4. The van der Waals surface area contributed by atoms with Crippen LogP contribution in [0.25, 0.3) is 27.7 Å². The minimum absolute atomic E-state index is 0.180. The lowest BCUT2D eigenvalue weighted by atomic mass is 9.99. The van der Waals surface area contributed by atoms with E-state index in [2.05, 4.69) is 5.32 Å². The van der Waals surface area contributed by atoms with Crippen LogP contribution in [0.5, 0.6) is 17.2 Å². The molecule has 0 aliphatic heterocycles. The molecule has 0 radical (unpaired) electrons. The van der Waals surface area contributed by atoms with Crippen molar-refractivity contribution in [3.8, 4) is 28.4 Å². The molecule has 0 aliphatic rings. The number of hydrogen-bond acceptors (Lipinski definition) is 5. The predicted octanol–water partition coefficient (Wildman–Crippen LogP) is 6.24. The highest BCUT2D eigenvalue weighted by atomic mass is 16.5. The summed E-state index contributed by atoms with van der Waals surface area (Å²) >= 11 is 0. The van der Waals surface area contributed by atoms with E-state index in [0.717, 1.165) is 44.7 Å². The number of rotatable bonds is 9.